The topological polar surface area (TPSA) is 86.3 Å². The van der Waals surface area contributed by atoms with Crippen molar-refractivity contribution in [2.24, 2.45) is 0 Å². The Kier molecular flexibility index (Phi) is 7.38. The molecule has 2 fully saturated rings. The van der Waals surface area contributed by atoms with Gasteiger partial charge in [0.05, 0.1) is 12.6 Å². The van der Waals surface area contributed by atoms with Crippen LogP contribution in [0.2, 0.25) is 0 Å². The van der Waals surface area contributed by atoms with Gasteiger partial charge in [0, 0.05) is 45.9 Å². The minimum absolute atomic E-state index is 0.0449. The van der Waals surface area contributed by atoms with Crippen LogP contribution in [0.3, 0.4) is 0 Å². The van der Waals surface area contributed by atoms with Crippen molar-refractivity contribution in [3.8, 4) is 0 Å². The van der Waals surface area contributed by atoms with E-state index in [1.165, 1.54) is 10.1 Å². The second-order valence-corrected chi connectivity index (χ2v) is 9.93. The molecule has 2 aromatic heterocycles. The molecule has 0 bridgehead atoms. The summed E-state index contributed by atoms with van der Waals surface area (Å²) in [5.41, 5.74) is 2.64. The Balaban J connectivity index is 1.68. The van der Waals surface area contributed by atoms with E-state index >= 15 is 0 Å². The number of allylic oxidation sites excluding steroid dienone is 2. The third kappa shape index (κ3) is 5.03. The zero-order valence-electron chi connectivity index (χ0n) is 21.3. The van der Waals surface area contributed by atoms with Gasteiger partial charge in [-0.25, -0.2) is 4.79 Å². The maximum atomic E-state index is 13.9. The van der Waals surface area contributed by atoms with Crippen LogP contribution in [0, 0.1) is 0 Å². The van der Waals surface area contributed by atoms with E-state index in [2.05, 4.69) is 30.1 Å². The van der Waals surface area contributed by atoms with Crippen LogP contribution in [0.25, 0.3) is 11.2 Å². The van der Waals surface area contributed by atoms with Crippen LogP contribution in [-0.2, 0) is 30.8 Å². The lowest BCUT2D eigenvalue weighted by Gasteiger charge is -2.28. The van der Waals surface area contributed by atoms with Gasteiger partial charge in [-0.15, -0.1) is 0 Å². The van der Waals surface area contributed by atoms with E-state index in [0.29, 0.717) is 43.8 Å². The number of nitrogens with one attached hydrogen (secondary N) is 1. The predicted molar refractivity (Wildman–Crippen MR) is 142 cm³/mol. The van der Waals surface area contributed by atoms with Crippen LogP contribution >= 0.6 is 0 Å². The maximum Gasteiger partial charge on any atom is 0.332 e. The van der Waals surface area contributed by atoms with Gasteiger partial charge in [0.1, 0.15) is 0 Å². The average Bonchev–Trinajstić information content (AvgIpc) is 3.54. The average molecular weight is 493 g/mol. The van der Waals surface area contributed by atoms with E-state index in [4.69, 9.17) is 9.72 Å². The Morgan fingerprint density at radius 2 is 1.89 bits per heavy atom. The lowest BCUT2D eigenvalue weighted by atomic mass is 10.1. The fourth-order valence-electron chi connectivity index (χ4n) is 5.07. The highest BCUT2D eigenvalue weighted by molar-refractivity contribution is 5.75. The summed E-state index contributed by atoms with van der Waals surface area (Å²) in [4.78, 5) is 34.9. The van der Waals surface area contributed by atoms with Gasteiger partial charge in [0.25, 0.3) is 5.56 Å². The molecule has 1 N–H and O–H groups in total. The first-order chi connectivity index (χ1) is 17.5. The maximum absolute atomic E-state index is 13.9. The molecule has 0 radical (unpaired) electrons. The highest BCUT2D eigenvalue weighted by atomic mass is 16.5. The number of aromatic nitrogens is 4. The molecule has 0 aliphatic carbocycles. The first-order valence-electron chi connectivity index (χ1n) is 13.0. The molecule has 4 heterocycles. The van der Waals surface area contributed by atoms with Crippen molar-refractivity contribution >= 4 is 17.1 Å². The Hall–Kier alpha value is -3.17. The molecule has 9 nitrogen and oxygen atoms in total. The van der Waals surface area contributed by atoms with Gasteiger partial charge in [-0.05, 0) is 38.7 Å². The molecule has 36 heavy (non-hydrogen) atoms. The van der Waals surface area contributed by atoms with Crippen LogP contribution < -0.4 is 21.5 Å². The first-order valence-corrected chi connectivity index (χ1v) is 13.0. The van der Waals surface area contributed by atoms with E-state index < -0.39 is 0 Å². The highest BCUT2D eigenvalue weighted by Crippen LogP contribution is 2.22. The number of rotatable bonds is 8. The van der Waals surface area contributed by atoms with Crippen molar-refractivity contribution in [3.05, 3.63) is 68.4 Å². The lowest BCUT2D eigenvalue weighted by molar-refractivity contribution is 0.0963. The molecule has 1 aromatic carbocycles. The molecular weight excluding hydrogens is 456 g/mol. The quantitative estimate of drug-likeness (QED) is 0.485. The number of nitrogens with zero attached hydrogens (tertiary/aromatic N) is 5. The van der Waals surface area contributed by atoms with Crippen LogP contribution in [-0.4, -0.2) is 57.6 Å². The van der Waals surface area contributed by atoms with Crippen LogP contribution in [0.4, 0.5) is 5.95 Å². The molecule has 0 saturated carbocycles. The summed E-state index contributed by atoms with van der Waals surface area (Å²) < 4.78 is 11.0. The van der Waals surface area contributed by atoms with E-state index in [1.54, 1.807) is 4.57 Å². The van der Waals surface area contributed by atoms with Gasteiger partial charge in [0.15, 0.2) is 11.2 Å². The molecule has 192 valence electrons. The highest BCUT2D eigenvalue weighted by Gasteiger charge is 2.27. The zero-order chi connectivity index (χ0) is 25.1. The number of aryl methyl sites for hydroxylation is 1. The van der Waals surface area contributed by atoms with Crippen molar-refractivity contribution in [2.45, 2.75) is 58.8 Å². The molecule has 5 rings (SSSR count). The van der Waals surface area contributed by atoms with E-state index in [1.807, 2.05) is 34.9 Å². The predicted octanol–water partition coefficient (Wildman–Crippen LogP) is 2.16. The lowest BCUT2D eigenvalue weighted by Crippen LogP contribution is -2.44. The Bertz CT molecular complexity index is 1340. The third-order valence-corrected chi connectivity index (χ3v) is 7.05. The largest absolute Gasteiger partial charge is 0.376 e. The SMILES string of the molecule is CC(C)=CCn1c(N2CCNCC2)nc2c1c(=O)n(CCc1ccccc1)c(=O)n2CC1CCCO1. The van der Waals surface area contributed by atoms with Crippen LogP contribution in [0.15, 0.2) is 51.6 Å². The summed E-state index contributed by atoms with van der Waals surface area (Å²) in [6, 6.07) is 9.97. The molecule has 1 atom stereocenters. The molecule has 3 aromatic rings. The third-order valence-electron chi connectivity index (χ3n) is 7.05. The van der Waals surface area contributed by atoms with E-state index in [0.717, 1.165) is 50.5 Å². The van der Waals surface area contributed by atoms with E-state index in [9.17, 15) is 9.59 Å². The minimum atomic E-state index is -0.308. The zero-order valence-corrected chi connectivity index (χ0v) is 21.3. The van der Waals surface area contributed by atoms with Crippen molar-refractivity contribution in [1.29, 1.82) is 0 Å². The van der Waals surface area contributed by atoms with Crippen molar-refractivity contribution in [1.82, 2.24) is 24.0 Å². The number of fused-ring (bicyclic) bond motifs is 1. The summed E-state index contributed by atoms with van der Waals surface area (Å²) in [6.07, 6.45) is 4.55. The van der Waals surface area contributed by atoms with Crippen molar-refractivity contribution in [2.75, 3.05) is 37.7 Å². The molecule has 2 aliphatic heterocycles. The molecule has 2 saturated heterocycles. The summed E-state index contributed by atoms with van der Waals surface area (Å²) in [5, 5.41) is 3.38. The van der Waals surface area contributed by atoms with Gasteiger partial charge in [-0.2, -0.15) is 4.98 Å². The smallest absolute Gasteiger partial charge is 0.332 e. The van der Waals surface area contributed by atoms with Crippen LogP contribution in [0.1, 0.15) is 32.3 Å². The molecule has 1 unspecified atom stereocenters. The second kappa shape index (κ2) is 10.8. The molecule has 2 aliphatic rings. The van der Waals surface area contributed by atoms with Crippen molar-refractivity contribution < 1.29 is 4.74 Å². The minimum Gasteiger partial charge on any atom is -0.376 e. The van der Waals surface area contributed by atoms with E-state index in [-0.39, 0.29) is 17.4 Å². The van der Waals surface area contributed by atoms with Crippen LogP contribution in [0.5, 0.6) is 0 Å². The Morgan fingerprint density at radius 1 is 1.11 bits per heavy atom. The fraction of sp³-hybridized carbons (Fsp3) is 0.519. The molecule has 0 amide bonds. The Morgan fingerprint density at radius 3 is 2.58 bits per heavy atom. The number of ether oxygens (including phenoxy) is 1. The van der Waals surface area contributed by atoms with Gasteiger partial charge < -0.3 is 19.5 Å². The van der Waals surface area contributed by atoms with Gasteiger partial charge in [-0.1, -0.05) is 42.0 Å². The van der Waals surface area contributed by atoms with Gasteiger partial charge in [-0.3, -0.25) is 13.9 Å². The number of hydrogen-bond acceptors (Lipinski definition) is 6. The molecule has 9 heteroatoms. The van der Waals surface area contributed by atoms with Gasteiger partial charge in [0.2, 0.25) is 5.95 Å². The first kappa shape index (κ1) is 24.5. The standard InChI is InChI=1S/C27H36N6O3/c1-20(2)10-14-31-23-24(29-26(31)30-16-12-28-13-17-30)33(19-22-9-6-18-36-22)27(35)32(25(23)34)15-11-21-7-4-3-5-8-21/h3-5,7-8,10,22,28H,6,9,11-19H2,1-2H3. The fourth-order valence-corrected chi connectivity index (χ4v) is 5.07. The van der Waals surface area contributed by atoms with Crippen molar-refractivity contribution in [3.63, 3.8) is 0 Å². The summed E-state index contributed by atoms with van der Waals surface area (Å²) in [6.45, 7) is 9.38. The molecular formula is C27H36N6O3. The summed E-state index contributed by atoms with van der Waals surface area (Å²) in [7, 11) is 0. The monoisotopic (exact) mass is 492 g/mol. The normalized spacial score (nSPS) is 18.2. The number of imidazole rings is 1. The number of anilines is 1. The Labute approximate surface area is 211 Å². The number of piperazine rings is 1. The number of hydrogen-bond donors (Lipinski definition) is 1. The summed E-state index contributed by atoms with van der Waals surface area (Å²) in [5.74, 6) is 0.752. The molecule has 0 spiro atoms. The summed E-state index contributed by atoms with van der Waals surface area (Å²) >= 11 is 0. The second-order valence-electron chi connectivity index (χ2n) is 9.93. The van der Waals surface area contributed by atoms with Gasteiger partial charge >= 0.3 is 5.69 Å². The number of benzene rings is 1.